The first-order valence-electron chi connectivity index (χ1n) is 5.56. The van der Waals surface area contributed by atoms with E-state index in [0.29, 0.717) is 11.6 Å². The topological polar surface area (TPSA) is 46.3 Å². The van der Waals surface area contributed by atoms with Gasteiger partial charge in [-0.25, -0.2) is 4.98 Å². The SMILES string of the molecule is CC(c1ccco1)N(C(=O)CCl)c1ccccn1. The van der Waals surface area contributed by atoms with Crippen molar-refractivity contribution < 1.29 is 9.21 Å². The van der Waals surface area contributed by atoms with Crippen molar-refractivity contribution in [2.75, 3.05) is 10.8 Å². The van der Waals surface area contributed by atoms with Crippen LogP contribution in [-0.4, -0.2) is 16.8 Å². The van der Waals surface area contributed by atoms with Crippen molar-refractivity contribution >= 4 is 23.3 Å². The molecule has 0 fully saturated rings. The number of hydrogen-bond donors (Lipinski definition) is 0. The molecule has 1 unspecified atom stereocenters. The molecule has 0 aromatic carbocycles. The molecule has 2 heterocycles. The molecule has 1 atom stereocenters. The largest absolute Gasteiger partial charge is 0.467 e. The summed E-state index contributed by atoms with van der Waals surface area (Å²) in [7, 11) is 0. The van der Waals surface area contributed by atoms with Gasteiger partial charge in [-0.05, 0) is 31.2 Å². The van der Waals surface area contributed by atoms with Gasteiger partial charge in [-0.2, -0.15) is 0 Å². The number of alkyl halides is 1. The predicted molar refractivity (Wildman–Crippen MR) is 69.6 cm³/mol. The van der Waals surface area contributed by atoms with Crippen LogP contribution in [0.5, 0.6) is 0 Å². The minimum Gasteiger partial charge on any atom is -0.467 e. The van der Waals surface area contributed by atoms with Gasteiger partial charge < -0.3 is 4.42 Å². The van der Waals surface area contributed by atoms with Crippen LogP contribution < -0.4 is 4.90 Å². The maximum absolute atomic E-state index is 12.0. The van der Waals surface area contributed by atoms with Crippen LogP contribution in [0.2, 0.25) is 0 Å². The number of hydrogen-bond acceptors (Lipinski definition) is 3. The summed E-state index contributed by atoms with van der Waals surface area (Å²) in [5, 5.41) is 0. The normalized spacial score (nSPS) is 12.1. The molecule has 2 aromatic rings. The fourth-order valence-electron chi connectivity index (χ4n) is 1.76. The molecule has 18 heavy (non-hydrogen) atoms. The lowest BCUT2D eigenvalue weighted by Gasteiger charge is -2.26. The van der Waals surface area contributed by atoms with E-state index in [4.69, 9.17) is 16.0 Å². The quantitative estimate of drug-likeness (QED) is 0.798. The Kier molecular flexibility index (Phi) is 3.99. The average molecular weight is 265 g/mol. The second-order valence-corrected chi connectivity index (χ2v) is 4.04. The van der Waals surface area contributed by atoms with Gasteiger partial charge in [-0.1, -0.05) is 6.07 Å². The fraction of sp³-hybridized carbons (Fsp3) is 0.231. The zero-order valence-corrected chi connectivity index (χ0v) is 10.7. The van der Waals surface area contributed by atoms with Crippen molar-refractivity contribution in [3.8, 4) is 0 Å². The van der Waals surface area contributed by atoms with Crippen LogP contribution in [0.15, 0.2) is 47.2 Å². The van der Waals surface area contributed by atoms with Crippen LogP contribution >= 0.6 is 11.6 Å². The summed E-state index contributed by atoms with van der Waals surface area (Å²) in [6.45, 7) is 1.87. The minimum absolute atomic E-state index is 0.0956. The van der Waals surface area contributed by atoms with Crippen LogP contribution in [0.4, 0.5) is 5.82 Å². The third-order valence-corrected chi connectivity index (χ3v) is 2.85. The van der Waals surface area contributed by atoms with Crippen LogP contribution in [0, 0.1) is 0 Å². The monoisotopic (exact) mass is 264 g/mol. The molecule has 0 N–H and O–H groups in total. The van der Waals surface area contributed by atoms with Gasteiger partial charge in [-0.15, -0.1) is 11.6 Å². The van der Waals surface area contributed by atoms with E-state index in [1.807, 2.05) is 19.1 Å². The van der Waals surface area contributed by atoms with Crippen molar-refractivity contribution in [1.29, 1.82) is 0 Å². The second-order valence-electron chi connectivity index (χ2n) is 3.78. The number of nitrogens with zero attached hydrogens (tertiary/aromatic N) is 2. The zero-order valence-electron chi connectivity index (χ0n) is 9.91. The highest BCUT2D eigenvalue weighted by Crippen LogP contribution is 2.25. The lowest BCUT2D eigenvalue weighted by molar-refractivity contribution is -0.116. The van der Waals surface area contributed by atoms with E-state index >= 15 is 0 Å². The molecular weight excluding hydrogens is 252 g/mol. The van der Waals surface area contributed by atoms with Crippen LogP contribution in [-0.2, 0) is 4.79 Å². The third kappa shape index (κ3) is 2.54. The summed E-state index contributed by atoms with van der Waals surface area (Å²) in [5.74, 6) is 0.951. The standard InChI is InChI=1S/C13H13ClN2O2/c1-10(11-5-4-8-18-11)16(13(17)9-14)12-6-2-3-7-15-12/h2-8,10H,9H2,1H3. The molecule has 2 aromatic heterocycles. The smallest absolute Gasteiger partial charge is 0.243 e. The Bertz CT molecular complexity index is 499. The highest BCUT2D eigenvalue weighted by Gasteiger charge is 2.25. The van der Waals surface area contributed by atoms with E-state index in [-0.39, 0.29) is 17.8 Å². The van der Waals surface area contributed by atoms with Gasteiger partial charge in [0, 0.05) is 6.20 Å². The highest BCUT2D eigenvalue weighted by molar-refractivity contribution is 6.29. The first-order chi connectivity index (χ1) is 8.74. The zero-order chi connectivity index (χ0) is 13.0. The molecule has 0 saturated heterocycles. The van der Waals surface area contributed by atoms with Gasteiger partial charge in [0.15, 0.2) is 0 Å². The Labute approximate surface area is 110 Å². The van der Waals surface area contributed by atoms with Crippen LogP contribution in [0.25, 0.3) is 0 Å². The predicted octanol–water partition coefficient (Wildman–Crippen LogP) is 3.01. The van der Waals surface area contributed by atoms with Gasteiger partial charge in [-0.3, -0.25) is 9.69 Å². The second kappa shape index (κ2) is 5.69. The molecule has 94 valence electrons. The number of aromatic nitrogens is 1. The summed E-state index contributed by atoms with van der Waals surface area (Å²) >= 11 is 5.65. The first-order valence-corrected chi connectivity index (χ1v) is 6.10. The molecule has 0 aliphatic heterocycles. The summed E-state index contributed by atoms with van der Waals surface area (Å²) in [6, 6.07) is 8.75. The Balaban J connectivity index is 2.35. The maximum atomic E-state index is 12.0. The van der Waals surface area contributed by atoms with E-state index in [0.717, 1.165) is 0 Å². The summed E-state index contributed by atoms with van der Waals surface area (Å²) in [5.41, 5.74) is 0. The van der Waals surface area contributed by atoms with Crippen molar-refractivity contribution in [1.82, 2.24) is 4.98 Å². The minimum atomic E-state index is -0.249. The molecule has 0 aliphatic rings. The maximum Gasteiger partial charge on any atom is 0.243 e. The van der Waals surface area contributed by atoms with Gasteiger partial charge in [0.05, 0.1) is 12.3 Å². The lowest BCUT2D eigenvalue weighted by Crippen LogP contribution is -2.35. The van der Waals surface area contributed by atoms with E-state index in [9.17, 15) is 4.79 Å². The van der Waals surface area contributed by atoms with E-state index in [1.54, 1.807) is 30.7 Å². The molecular formula is C13H13ClN2O2. The van der Waals surface area contributed by atoms with Crippen molar-refractivity contribution in [3.05, 3.63) is 48.6 Å². The Hall–Kier alpha value is -1.81. The van der Waals surface area contributed by atoms with E-state index < -0.39 is 0 Å². The highest BCUT2D eigenvalue weighted by atomic mass is 35.5. The molecule has 5 heteroatoms. The van der Waals surface area contributed by atoms with Crippen molar-refractivity contribution in [2.45, 2.75) is 13.0 Å². The molecule has 0 bridgehead atoms. The third-order valence-electron chi connectivity index (χ3n) is 2.62. The number of pyridine rings is 1. The van der Waals surface area contributed by atoms with Gasteiger partial charge >= 0.3 is 0 Å². The number of halogens is 1. The molecule has 0 aliphatic carbocycles. The first kappa shape index (κ1) is 12.6. The Morgan fingerprint density at radius 2 is 2.28 bits per heavy atom. The molecule has 4 nitrogen and oxygen atoms in total. The van der Waals surface area contributed by atoms with E-state index in [1.165, 1.54) is 4.90 Å². The summed E-state index contributed by atoms with van der Waals surface area (Å²) in [4.78, 5) is 17.7. The van der Waals surface area contributed by atoms with Crippen LogP contribution in [0.1, 0.15) is 18.7 Å². The fourth-order valence-corrected chi connectivity index (χ4v) is 1.89. The number of amides is 1. The van der Waals surface area contributed by atoms with E-state index in [2.05, 4.69) is 4.98 Å². The number of carbonyl (C=O) groups is 1. The number of furan rings is 1. The molecule has 0 saturated carbocycles. The summed E-state index contributed by atoms with van der Waals surface area (Å²) < 4.78 is 5.33. The average Bonchev–Trinajstić information content (AvgIpc) is 2.94. The van der Waals surface area contributed by atoms with Gasteiger partial charge in [0.1, 0.15) is 17.5 Å². The van der Waals surface area contributed by atoms with Gasteiger partial charge in [0.2, 0.25) is 5.91 Å². The van der Waals surface area contributed by atoms with Crippen molar-refractivity contribution in [3.63, 3.8) is 0 Å². The Morgan fingerprint density at radius 1 is 1.44 bits per heavy atom. The van der Waals surface area contributed by atoms with Crippen molar-refractivity contribution in [2.24, 2.45) is 0 Å². The molecule has 2 rings (SSSR count). The molecule has 0 spiro atoms. The number of rotatable bonds is 4. The van der Waals surface area contributed by atoms with Crippen LogP contribution in [0.3, 0.4) is 0 Å². The van der Waals surface area contributed by atoms with Gasteiger partial charge in [0.25, 0.3) is 0 Å². The number of anilines is 1. The number of carbonyl (C=O) groups excluding carboxylic acids is 1. The molecule has 1 amide bonds. The Morgan fingerprint density at radius 3 is 2.83 bits per heavy atom. The lowest BCUT2D eigenvalue weighted by atomic mass is 10.2. The summed E-state index contributed by atoms with van der Waals surface area (Å²) in [6.07, 6.45) is 3.21. The molecule has 0 radical (unpaired) electrons.